The molecule has 0 radical (unpaired) electrons. The highest BCUT2D eigenvalue weighted by atomic mass is 16.5. The quantitative estimate of drug-likeness (QED) is 0.471. The second kappa shape index (κ2) is 9.17. The van der Waals surface area contributed by atoms with Gasteiger partial charge in [-0.15, -0.1) is 0 Å². The van der Waals surface area contributed by atoms with Crippen molar-refractivity contribution in [2.45, 2.75) is 13.1 Å². The topological polar surface area (TPSA) is 91.4 Å². The van der Waals surface area contributed by atoms with Crippen LogP contribution in [0, 0.1) is 0 Å². The summed E-state index contributed by atoms with van der Waals surface area (Å²) in [5, 5.41) is 6.91. The molecule has 0 fully saturated rings. The van der Waals surface area contributed by atoms with Gasteiger partial charge in [0.25, 0.3) is 5.91 Å². The molecule has 0 spiro atoms. The summed E-state index contributed by atoms with van der Waals surface area (Å²) in [6.45, 7) is 0.964. The van der Waals surface area contributed by atoms with Crippen molar-refractivity contribution in [2.24, 2.45) is 0 Å². The molecule has 4 rings (SSSR count). The summed E-state index contributed by atoms with van der Waals surface area (Å²) < 4.78 is 18.0. The van der Waals surface area contributed by atoms with E-state index in [4.69, 9.17) is 14.0 Å². The van der Waals surface area contributed by atoms with Crippen LogP contribution in [0.25, 0.3) is 11.3 Å². The number of hydrogen-bond acceptors (Lipinski definition) is 6. The van der Waals surface area contributed by atoms with Crippen LogP contribution in [0.15, 0.2) is 71.8 Å². The predicted octanol–water partition coefficient (Wildman–Crippen LogP) is 3.53. The second-order valence-corrected chi connectivity index (χ2v) is 6.87. The molecule has 0 unspecified atom stereocenters. The summed E-state index contributed by atoms with van der Waals surface area (Å²) in [6.07, 6.45) is 5.39. The van der Waals surface area contributed by atoms with E-state index in [-0.39, 0.29) is 12.5 Å². The zero-order valence-electron chi connectivity index (χ0n) is 17.2. The zero-order valence-corrected chi connectivity index (χ0v) is 17.2. The number of ether oxygens (including phenoxy) is 2. The number of aromatic nitrogens is 3. The molecule has 0 aliphatic heterocycles. The minimum absolute atomic E-state index is 0.176. The van der Waals surface area contributed by atoms with Gasteiger partial charge in [-0.2, -0.15) is 0 Å². The van der Waals surface area contributed by atoms with Crippen LogP contribution < -0.4 is 14.8 Å². The van der Waals surface area contributed by atoms with E-state index in [9.17, 15) is 4.79 Å². The van der Waals surface area contributed by atoms with Gasteiger partial charge in [0.1, 0.15) is 5.69 Å². The lowest BCUT2D eigenvalue weighted by Crippen LogP contribution is -2.22. The van der Waals surface area contributed by atoms with Crippen molar-refractivity contribution >= 4 is 5.91 Å². The minimum Gasteiger partial charge on any atom is -0.493 e. The molecule has 1 amide bonds. The summed E-state index contributed by atoms with van der Waals surface area (Å²) in [5.41, 5.74) is 3.09. The Balaban J connectivity index is 1.36. The molecule has 0 aliphatic rings. The number of rotatable bonds is 8. The van der Waals surface area contributed by atoms with E-state index in [1.807, 2.05) is 35.0 Å². The maximum Gasteiger partial charge on any atom is 0.251 e. The Morgan fingerprint density at radius 1 is 1.06 bits per heavy atom. The first-order valence-corrected chi connectivity index (χ1v) is 9.67. The van der Waals surface area contributed by atoms with Crippen molar-refractivity contribution in [3.05, 3.63) is 84.1 Å². The number of nitrogens with one attached hydrogen (secondary N) is 1. The number of carbonyl (C=O) groups excluding carboxylic acids is 1. The third kappa shape index (κ3) is 4.75. The summed E-state index contributed by atoms with van der Waals surface area (Å²) in [6, 6.07) is 14.7. The van der Waals surface area contributed by atoms with Gasteiger partial charge in [0.05, 0.1) is 27.1 Å². The molecule has 2 aromatic carbocycles. The highest BCUT2D eigenvalue weighted by molar-refractivity contribution is 5.94. The van der Waals surface area contributed by atoms with Crippen LogP contribution in [-0.2, 0) is 13.1 Å². The molecule has 0 atom stereocenters. The van der Waals surface area contributed by atoms with Crippen molar-refractivity contribution in [3.63, 3.8) is 0 Å². The highest BCUT2D eigenvalue weighted by Crippen LogP contribution is 2.32. The van der Waals surface area contributed by atoms with Crippen LogP contribution in [0.4, 0.5) is 0 Å². The molecule has 1 N–H and O–H groups in total. The van der Waals surface area contributed by atoms with E-state index >= 15 is 0 Å². The highest BCUT2D eigenvalue weighted by Gasteiger charge is 2.12. The van der Waals surface area contributed by atoms with Crippen molar-refractivity contribution < 1.29 is 18.8 Å². The molecule has 4 aromatic rings. The lowest BCUT2D eigenvalue weighted by atomic mass is 10.1. The van der Waals surface area contributed by atoms with E-state index in [1.54, 1.807) is 51.0 Å². The summed E-state index contributed by atoms with van der Waals surface area (Å²) in [5.74, 6) is 1.64. The third-order valence-corrected chi connectivity index (χ3v) is 4.80. The van der Waals surface area contributed by atoms with Gasteiger partial charge < -0.3 is 23.9 Å². The molecule has 0 bridgehead atoms. The summed E-state index contributed by atoms with van der Waals surface area (Å²) >= 11 is 0. The van der Waals surface area contributed by atoms with Crippen LogP contribution in [0.3, 0.4) is 0 Å². The Bertz CT molecular complexity index is 1150. The van der Waals surface area contributed by atoms with Crippen molar-refractivity contribution in [1.82, 2.24) is 20.0 Å². The number of carbonyl (C=O) groups is 1. The Kier molecular flexibility index (Phi) is 5.98. The molecular formula is C23H22N4O4. The van der Waals surface area contributed by atoms with Gasteiger partial charge in [0, 0.05) is 36.1 Å². The first kappa shape index (κ1) is 20.2. The third-order valence-electron chi connectivity index (χ3n) is 4.80. The Hall–Kier alpha value is -4.07. The van der Waals surface area contributed by atoms with Crippen LogP contribution >= 0.6 is 0 Å². The van der Waals surface area contributed by atoms with Gasteiger partial charge in [-0.1, -0.05) is 17.3 Å². The van der Waals surface area contributed by atoms with Crippen LogP contribution in [0.2, 0.25) is 0 Å². The largest absolute Gasteiger partial charge is 0.493 e. The standard InChI is InChI=1S/C23H22N4O4/c1-29-20-8-7-18(11-22(20)30-2)21-12-19(26-31-21)13-25-23(28)17-5-3-16(4-6-17)14-27-10-9-24-15-27/h3-12,15H,13-14H2,1-2H3,(H,25,28). The molecule has 158 valence electrons. The summed E-state index contributed by atoms with van der Waals surface area (Å²) in [7, 11) is 3.16. The van der Waals surface area contributed by atoms with Crippen molar-refractivity contribution in [3.8, 4) is 22.8 Å². The number of methoxy groups -OCH3 is 2. The SMILES string of the molecule is COc1ccc(-c2cc(CNC(=O)c3ccc(Cn4ccnc4)cc3)no2)cc1OC. The number of hydrogen-bond donors (Lipinski definition) is 1. The molecule has 0 aliphatic carbocycles. The van der Waals surface area contributed by atoms with Crippen LogP contribution in [-0.4, -0.2) is 34.8 Å². The Morgan fingerprint density at radius 2 is 1.87 bits per heavy atom. The van der Waals surface area contributed by atoms with E-state index in [0.29, 0.717) is 35.1 Å². The lowest BCUT2D eigenvalue weighted by Gasteiger charge is -2.07. The fourth-order valence-electron chi connectivity index (χ4n) is 3.15. The molecule has 2 aromatic heterocycles. The molecule has 2 heterocycles. The van der Waals surface area contributed by atoms with Crippen molar-refractivity contribution in [2.75, 3.05) is 14.2 Å². The number of imidazole rings is 1. The first-order chi connectivity index (χ1) is 15.2. The van der Waals surface area contributed by atoms with Gasteiger partial charge in [-0.05, 0) is 35.9 Å². The minimum atomic E-state index is -0.176. The lowest BCUT2D eigenvalue weighted by molar-refractivity contribution is 0.0950. The molecule has 31 heavy (non-hydrogen) atoms. The van der Waals surface area contributed by atoms with Gasteiger partial charge >= 0.3 is 0 Å². The average molecular weight is 418 g/mol. The van der Waals surface area contributed by atoms with Gasteiger partial charge in [-0.25, -0.2) is 4.98 Å². The second-order valence-electron chi connectivity index (χ2n) is 6.87. The Morgan fingerprint density at radius 3 is 2.58 bits per heavy atom. The van der Waals surface area contributed by atoms with Crippen LogP contribution in [0.5, 0.6) is 11.5 Å². The first-order valence-electron chi connectivity index (χ1n) is 9.67. The number of amides is 1. The molecule has 8 heteroatoms. The summed E-state index contributed by atoms with van der Waals surface area (Å²) in [4.78, 5) is 16.5. The Labute approximate surface area is 179 Å². The maximum atomic E-state index is 12.5. The van der Waals surface area contributed by atoms with E-state index in [1.165, 1.54) is 0 Å². The average Bonchev–Trinajstić information content (AvgIpc) is 3.50. The fraction of sp³-hybridized carbons (Fsp3) is 0.174. The number of benzene rings is 2. The van der Waals surface area contributed by atoms with Gasteiger partial charge in [-0.3, -0.25) is 4.79 Å². The van der Waals surface area contributed by atoms with Gasteiger partial charge in [0.15, 0.2) is 17.3 Å². The normalized spacial score (nSPS) is 10.6. The molecule has 8 nitrogen and oxygen atoms in total. The molecular weight excluding hydrogens is 396 g/mol. The van der Waals surface area contributed by atoms with Gasteiger partial charge in [0.2, 0.25) is 0 Å². The van der Waals surface area contributed by atoms with E-state index < -0.39 is 0 Å². The fourth-order valence-corrected chi connectivity index (χ4v) is 3.15. The predicted molar refractivity (Wildman–Crippen MR) is 114 cm³/mol. The van der Waals surface area contributed by atoms with Crippen molar-refractivity contribution in [1.29, 1.82) is 0 Å². The number of nitrogens with zero attached hydrogens (tertiary/aromatic N) is 3. The molecule has 0 saturated heterocycles. The smallest absolute Gasteiger partial charge is 0.251 e. The van der Waals surface area contributed by atoms with E-state index in [2.05, 4.69) is 15.5 Å². The monoisotopic (exact) mass is 418 g/mol. The van der Waals surface area contributed by atoms with Crippen LogP contribution in [0.1, 0.15) is 21.6 Å². The maximum absolute atomic E-state index is 12.5. The molecule has 0 saturated carbocycles. The zero-order chi connectivity index (χ0) is 21.6. The van der Waals surface area contributed by atoms with E-state index in [0.717, 1.165) is 11.1 Å².